The fourth-order valence-corrected chi connectivity index (χ4v) is 8.05. The van der Waals surface area contributed by atoms with E-state index in [1.165, 1.54) is 6.92 Å². The Labute approximate surface area is 200 Å². The lowest BCUT2D eigenvalue weighted by Crippen LogP contribution is -2.59. The van der Waals surface area contributed by atoms with Crippen molar-refractivity contribution in [3.63, 3.8) is 0 Å². The molecule has 12 atom stereocenters. The van der Waals surface area contributed by atoms with Gasteiger partial charge in [-0.05, 0) is 56.9 Å². The van der Waals surface area contributed by atoms with Crippen LogP contribution < -0.4 is 0 Å². The molecular weight excluding hydrogens is 436 g/mol. The maximum absolute atomic E-state index is 13.6. The lowest BCUT2D eigenvalue weighted by atomic mass is 9.50. The van der Waals surface area contributed by atoms with Gasteiger partial charge < -0.3 is 20.1 Å². The highest BCUT2D eigenvalue weighted by Crippen LogP contribution is 2.61. The third-order valence-corrected chi connectivity index (χ3v) is 10.3. The molecule has 5 rings (SSSR count). The Hall–Kier alpha value is -1.83. The number of hydrogen-bond donors (Lipinski definition) is 3. The van der Waals surface area contributed by atoms with E-state index in [1.54, 1.807) is 19.9 Å². The molecule has 186 valence electrons. The average molecular weight is 473 g/mol. The Morgan fingerprint density at radius 2 is 1.91 bits per heavy atom. The first kappa shape index (κ1) is 23.9. The molecule has 3 N–H and O–H groups in total. The number of hydrogen-bond acceptors (Lipinski definition) is 7. The van der Waals surface area contributed by atoms with Gasteiger partial charge in [-0.2, -0.15) is 0 Å². The van der Waals surface area contributed by atoms with Crippen molar-refractivity contribution in [2.45, 2.75) is 77.3 Å². The van der Waals surface area contributed by atoms with Crippen molar-refractivity contribution < 1.29 is 34.4 Å². The monoisotopic (exact) mass is 472 g/mol. The number of carbonyl (C=O) groups is 3. The highest BCUT2D eigenvalue weighted by Gasteiger charge is 2.65. The van der Waals surface area contributed by atoms with E-state index in [0.717, 1.165) is 18.4 Å². The Kier molecular flexibility index (Phi) is 5.51. The zero-order chi connectivity index (χ0) is 24.7. The van der Waals surface area contributed by atoms with Crippen molar-refractivity contribution in [3.05, 3.63) is 23.8 Å². The first-order valence-electron chi connectivity index (χ1n) is 12.6. The summed E-state index contributed by atoms with van der Waals surface area (Å²) in [6.45, 7) is 6.93. The summed E-state index contributed by atoms with van der Waals surface area (Å²) in [5.41, 5.74) is -1.45. The van der Waals surface area contributed by atoms with Crippen LogP contribution in [-0.4, -0.2) is 56.8 Å². The number of cyclic esters (lactones) is 1. The lowest BCUT2D eigenvalue weighted by molar-refractivity contribution is -0.185. The molecule has 1 heterocycles. The molecule has 1 saturated heterocycles. The molecule has 3 fully saturated rings. The Balaban J connectivity index is 1.46. The van der Waals surface area contributed by atoms with Crippen molar-refractivity contribution in [1.29, 1.82) is 0 Å². The van der Waals surface area contributed by atoms with Crippen LogP contribution >= 0.6 is 0 Å². The Morgan fingerprint density at radius 1 is 1.21 bits per heavy atom. The molecule has 4 aliphatic carbocycles. The van der Waals surface area contributed by atoms with E-state index in [-0.39, 0.29) is 41.7 Å². The van der Waals surface area contributed by atoms with Gasteiger partial charge >= 0.3 is 5.97 Å². The van der Waals surface area contributed by atoms with Gasteiger partial charge in [-0.15, -0.1) is 0 Å². The third-order valence-electron chi connectivity index (χ3n) is 10.3. The zero-order valence-corrected chi connectivity index (χ0v) is 20.3. The second-order valence-electron chi connectivity index (χ2n) is 11.8. The molecule has 0 unspecified atom stereocenters. The Bertz CT molecular complexity index is 979. The molecule has 0 aromatic rings. The van der Waals surface area contributed by atoms with Crippen LogP contribution in [0.2, 0.25) is 0 Å². The maximum Gasteiger partial charge on any atom is 0.309 e. The molecule has 0 radical (unpaired) electrons. The molecule has 1 aliphatic heterocycles. The third kappa shape index (κ3) is 3.09. The van der Waals surface area contributed by atoms with E-state index in [1.807, 2.05) is 13.0 Å². The summed E-state index contributed by atoms with van der Waals surface area (Å²) >= 11 is 0. The first-order chi connectivity index (χ1) is 15.9. The summed E-state index contributed by atoms with van der Waals surface area (Å²) in [4.78, 5) is 38.7. The van der Waals surface area contributed by atoms with Crippen LogP contribution in [0.1, 0.15) is 53.4 Å². The minimum Gasteiger partial charge on any atom is -0.459 e. The summed E-state index contributed by atoms with van der Waals surface area (Å²) < 4.78 is 5.39. The minimum atomic E-state index is -1.83. The number of esters is 1. The van der Waals surface area contributed by atoms with Crippen LogP contribution in [0.5, 0.6) is 0 Å². The number of aliphatic hydroxyl groups is 3. The molecule has 5 aliphatic rings. The smallest absolute Gasteiger partial charge is 0.309 e. The number of ether oxygens (including phenoxy) is 1. The number of Topliss-reactive ketones (excluding diaryl/α,β-unsaturated/α-hetero) is 1. The van der Waals surface area contributed by atoms with Gasteiger partial charge in [0.05, 0.1) is 23.0 Å². The highest BCUT2D eigenvalue weighted by atomic mass is 16.6. The topological polar surface area (TPSA) is 121 Å². The lowest BCUT2D eigenvalue weighted by Gasteiger charge is -2.52. The van der Waals surface area contributed by atoms with Crippen molar-refractivity contribution in [2.75, 3.05) is 0 Å². The van der Waals surface area contributed by atoms with Gasteiger partial charge in [-0.3, -0.25) is 14.4 Å². The van der Waals surface area contributed by atoms with Gasteiger partial charge in [0.25, 0.3) is 0 Å². The molecule has 7 nitrogen and oxygen atoms in total. The van der Waals surface area contributed by atoms with Crippen molar-refractivity contribution in [2.24, 2.45) is 46.8 Å². The largest absolute Gasteiger partial charge is 0.459 e. The summed E-state index contributed by atoms with van der Waals surface area (Å²) in [5, 5.41) is 33.9. The van der Waals surface area contributed by atoms with Gasteiger partial charge in [0, 0.05) is 24.2 Å². The van der Waals surface area contributed by atoms with Crippen molar-refractivity contribution in [3.8, 4) is 0 Å². The van der Waals surface area contributed by atoms with Gasteiger partial charge in [0.15, 0.2) is 5.78 Å². The second kappa shape index (κ2) is 7.84. The predicted octanol–water partition coefficient (Wildman–Crippen LogP) is 1.98. The van der Waals surface area contributed by atoms with Gasteiger partial charge in [0.2, 0.25) is 0 Å². The molecule has 0 aromatic carbocycles. The SMILES string of the molecule is C[C@H]1[C@H]([C@@H](O)[C@](C)(O)[C@@H]2[C@H]3C(=O)C[C@H]4[C@@H](CC=C5CC=CC(=O)[C@@]54C)[C@@H]3C[C@@H]2O)OC(=O)[C@@H]1C. The van der Waals surface area contributed by atoms with Gasteiger partial charge in [0.1, 0.15) is 18.0 Å². The van der Waals surface area contributed by atoms with E-state index >= 15 is 0 Å². The van der Waals surface area contributed by atoms with E-state index in [9.17, 15) is 29.7 Å². The molecule has 2 saturated carbocycles. The van der Waals surface area contributed by atoms with Crippen molar-refractivity contribution in [1.82, 2.24) is 0 Å². The molecule has 0 spiro atoms. The number of rotatable bonds is 3. The van der Waals surface area contributed by atoms with Gasteiger partial charge in [-0.25, -0.2) is 0 Å². The number of ketones is 2. The number of fused-ring (bicyclic) bond motifs is 5. The predicted molar refractivity (Wildman–Crippen MR) is 122 cm³/mol. The molecule has 0 bridgehead atoms. The standard InChI is InChI=1S/C27H36O7/c1-12-13(2)25(32)34-23(12)24(31)27(4,33)22-19(29)10-16-15-9-8-14-6-5-7-20(30)26(14,3)17(15)11-18(28)21(16)22/h5,7-8,12-13,15-17,19,21-24,29,31,33H,6,9-11H2,1-4H3/t12-,13-,15+,16+,17+,19+,21-,22+,23-,24-,26+,27-/m1/s1. The zero-order valence-electron chi connectivity index (χ0n) is 20.3. The summed E-state index contributed by atoms with van der Waals surface area (Å²) in [5.74, 6) is -2.90. The Morgan fingerprint density at radius 3 is 2.56 bits per heavy atom. The maximum atomic E-state index is 13.6. The number of aliphatic hydroxyl groups excluding tert-OH is 2. The van der Waals surface area contributed by atoms with Crippen LogP contribution in [0.15, 0.2) is 23.8 Å². The summed E-state index contributed by atoms with van der Waals surface area (Å²) in [6.07, 6.45) is 4.37. The van der Waals surface area contributed by atoms with E-state index in [2.05, 4.69) is 6.08 Å². The highest BCUT2D eigenvalue weighted by molar-refractivity contribution is 5.99. The normalized spacial score (nSPS) is 48.4. The van der Waals surface area contributed by atoms with E-state index < -0.39 is 53.1 Å². The molecule has 0 aromatic heterocycles. The molecule has 7 heteroatoms. The summed E-state index contributed by atoms with van der Waals surface area (Å²) in [7, 11) is 0. The molecule has 0 amide bonds. The quantitative estimate of drug-likeness (QED) is 0.424. The molecule has 34 heavy (non-hydrogen) atoms. The second-order valence-corrected chi connectivity index (χ2v) is 11.8. The van der Waals surface area contributed by atoms with Crippen LogP contribution in [0.3, 0.4) is 0 Å². The van der Waals surface area contributed by atoms with Crippen LogP contribution in [-0.2, 0) is 19.1 Å². The van der Waals surface area contributed by atoms with Crippen LogP contribution in [0, 0.1) is 46.8 Å². The van der Waals surface area contributed by atoms with Crippen molar-refractivity contribution >= 4 is 17.5 Å². The first-order valence-corrected chi connectivity index (χ1v) is 12.6. The van der Waals surface area contributed by atoms with E-state index in [4.69, 9.17) is 4.74 Å². The van der Waals surface area contributed by atoms with E-state index in [0.29, 0.717) is 6.42 Å². The van der Waals surface area contributed by atoms with Gasteiger partial charge in [-0.1, -0.05) is 31.6 Å². The minimum absolute atomic E-state index is 0.0367. The molecular formula is C27H36O7. The average Bonchev–Trinajstić information content (AvgIpc) is 3.27. The fraction of sp³-hybridized carbons (Fsp3) is 0.741. The number of allylic oxidation sites excluding steroid dienone is 4. The van der Waals surface area contributed by atoms with Crippen LogP contribution in [0.4, 0.5) is 0 Å². The number of carbonyl (C=O) groups excluding carboxylic acids is 3. The fourth-order valence-electron chi connectivity index (χ4n) is 8.05. The summed E-state index contributed by atoms with van der Waals surface area (Å²) in [6, 6.07) is 0. The van der Waals surface area contributed by atoms with Crippen LogP contribution in [0.25, 0.3) is 0 Å².